The summed E-state index contributed by atoms with van der Waals surface area (Å²) in [4.78, 5) is 41.7. The molecule has 1 aliphatic heterocycles. The second kappa shape index (κ2) is 6.07. The number of aromatic nitrogens is 2. The molecule has 0 unspecified atom stereocenters. The lowest BCUT2D eigenvalue weighted by Gasteiger charge is -2.07. The van der Waals surface area contributed by atoms with Crippen LogP contribution in [0, 0.1) is 6.92 Å². The van der Waals surface area contributed by atoms with Crippen molar-refractivity contribution in [3.63, 3.8) is 0 Å². The van der Waals surface area contributed by atoms with E-state index in [1.807, 2.05) is 25.1 Å². The molecule has 1 saturated heterocycles. The molecule has 1 atom stereocenters. The number of nitrogens with zero attached hydrogens (tertiary/aromatic N) is 1. The highest BCUT2D eigenvalue weighted by Crippen LogP contribution is 2.13. The van der Waals surface area contributed by atoms with Gasteiger partial charge in [-0.3, -0.25) is 14.9 Å². The van der Waals surface area contributed by atoms with Gasteiger partial charge in [0.2, 0.25) is 5.91 Å². The Morgan fingerprint density at radius 3 is 2.91 bits per heavy atom. The number of H-pyrrole nitrogens is 1. The van der Waals surface area contributed by atoms with Crippen LogP contribution in [0.15, 0.2) is 18.2 Å². The highest BCUT2D eigenvalue weighted by molar-refractivity contribution is 6.04. The smallest absolute Gasteiger partial charge is 0.322 e. The lowest BCUT2D eigenvalue weighted by molar-refractivity contribution is -0.122. The molecule has 0 radical (unpaired) electrons. The molecule has 1 aromatic carbocycles. The van der Waals surface area contributed by atoms with Crippen molar-refractivity contribution in [2.24, 2.45) is 0 Å². The van der Waals surface area contributed by atoms with Gasteiger partial charge in [0.15, 0.2) is 0 Å². The molecule has 0 saturated carbocycles. The van der Waals surface area contributed by atoms with Crippen molar-refractivity contribution in [3.8, 4) is 0 Å². The van der Waals surface area contributed by atoms with Crippen LogP contribution in [0.5, 0.6) is 0 Å². The van der Waals surface area contributed by atoms with Crippen molar-refractivity contribution < 1.29 is 14.4 Å². The van der Waals surface area contributed by atoms with Crippen LogP contribution in [0.4, 0.5) is 4.79 Å². The second-order valence-corrected chi connectivity index (χ2v) is 5.53. The highest BCUT2D eigenvalue weighted by atomic mass is 16.2. The maximum atomic E-state index is 11.8. The van der Waals surface area contributed by atoms with Gasteiger partial charge in [0.05, 0.1) is 17.6 Å². The molecule has 1 fully saturated rings. The van der Waals surface area contributed by atoms with Crippen LogP contribution >= 0.6 is 0 Å². The number of urea groups is 1. The molecule has 2 aromatic rings. The zero-order valence-corrected chi connectivity index (χ0v) is 12.6. The van der Waals surface area contributed by atoms with Crippen LogP contribution in [-0.2, 0) is 16.1 Å². The summed E-state index contributed by atoms with van der Waals surface area (Å²) in [5.74, 6) is 0.0805. The van der Waals surface area contributed by atoms with E-state index in [9.17, 15) is 14.4 Å². The molecule has 3 rings (SSSR count). The monoisotopic (exact) mass is 315 g/mol. The number of fused-ring (bicyclic) bond motifs is 1. The Balaban J connectivity index is 1.50. The van der Waals surface area contributed by atoms with Crippen LogP contribution in [0.25, 0.3) is 11.0 Å². The molecule has 2 heterocycles. The van der Waals surface area contributed by atoms with E-state index in [1.54, 1.807) is 0 Å². The van der Waals surface area contributed by atoms with E-state index >= 15 is 0 Å². The molecule has 0 aliphatic carbocycles. The Bertz CT molecular complexity index is 783. The highest BCUT2D eigenvalue weighted by Gasteiger charge is 2.29. The molecule has 1 aromatic heterocycles. The minimum Gasteiger partial charge on any atom is -0.349 e. The number of carbonyl (C=O) groups is 3. The van der Waals surface area contributed by atoms with E-state index in [0.717, 1.165) is 16.6 Å². The van der Waals surface area contributed by atoms with Gasteiger partial charge < -0.3 is 15.6 Å². The molecule has 120 valence electrons. The summed E-state index contributed by atoms with van der Waals surface area (Å²) in [6, 6.07) is 4.75. The zero-order valence-electron chi connectivity index (χ0n) is 12.6. The molecule has 0 spiro atoms. The van der Waals surface area contributed by atoms with Crippen LogP contribution in [-0.4, -0.2) is 33.9 Å². The third-order valence-corrected chi connectivity index (χ3v) is 3.66. The summed E-state index contributed by atoms with van der Waals surface area (Å²) >= 11 is 0. The molecule has 1 aliphatic rings. The summed E-state index contributed by atoms with van der Waals surface area (Å²) in [5, 5.41) is 7.34. The Morgan fingerprint density at radius 2 is 2.17 bits per heavy atom. The predicted octanol–water partition coefficient (Wildman–Crippen LogP) is 0.476. The number of imide groups is 1. The van der Waals surface area contributed by atoms with E-state index < -0.39 is 18.0 Å². The third kappa shape index (κ3) is 3.47. The summed E-state index contributed by atoms with van der Waals surface area (Å²) < 4.78 is 0. The lowest BCUT2D eigenvalue weighted by Crippen LogP contribution is -2.31. The number of carbonyl (C=O) groups excluding carboxylic acids is 3. The molecule has 8 heteroatoms. The van der Waals surface area contributed by atoms with Gasteiger partial charge in [0.25, 0.3) is 5.91 Å². The van der Waals surface area contributed by atoms with Gasteiger partial charge in [0.1, 0.15) is 11.9 Å². The Morgan fingerprint density at radius 1 is 1.35 bits per heavy atom. The third-order valence-electron chi connectivity index (χ3n) is 3.66. The quantitative estimate of drug-likeness (QED) is 0.600. The number of aryl methyl sites for hydroxylation is 1. The van der Waals surface area contributed by atoms with Crippen LogP contribution in [0.1, 0.15) is 24.2 Å². The molecule has 4 N–H and O–H groups in total. The summed E-state index contributed by atoms with van der Waals surface area (Å²) in [5.41, 5.74) is 2.92. The van der Waals surface area contributed by atoms with Crippen LogP contribution in [0.3, 0.4) is 0 Å². The molecular weight excluding hydrogens is 298 g/mol. The van der Waals surface area contributed by atoms with Crippen molar-refractivity contribution in [2.75, 3.05) is 0 Å². The lowest BCUT2D eigenvalue weighted by atomic mass is 10.1. The normalized spacial score (nSPS) is 17.2. The maximum absolute atomic E-state index is 11.8. The fourth-order valence-electron chi connectivity index (χ4n) is 2.47. The van der Waals surface area contributed by atoms with Gasteiger partial charge in [-0.15, -0.1) is 0 Å². The van der Waals surface area contributed by atoms with E-state index in [4.69, 9.17) is 0 Å². The Labute approximate surface area is 132 Å². The number of amides is 4. The van der Waals surface area contributed by atoms with Crippen molar-refractivity contribution in [2.45, 2.75) is 32.4 Å². The summed E-state index contributed by atoms with van der Waals surface area (Å²) in [6.07, 6.45) is 0.417. The fraction of sp³-hybridized carbons (Fsp3) is 0.333. The first-order chi connectivity index (χ1) is 11.0. The van der Waals surface area contributed by atoms with Gasteiger partial charge >= 0.3 is 6.03 Å². The zero-order chi connectivity index (χ0) is 16.4. The number of imidazole rings is 1. The number of nitrogens with one attached hydrogen (secondary N) is 4. The van der Waals surface area contributed by atoms with E-state index in [0.29, 0.717) is 5.82 Å². The SMILES string of the molecule is Cc1ccc2nc(CNC(=O)CC[C@H]3NC(=O)NC3=O)[nH]c2c1. The minimum absolute atomic E-state index is 0.150. The van der Waals surface area contributed by atoms with Crippen molar-refractivity contribution in [1.29, 1.82) is 0 Å². The topological polar surface area (TPSA) is 116 Å². The van der Waals surface area contributed by atoms with Gasteiger partial charge in [-0.05, 0) is 31.0 Å². The van der Waals surface area contributed by atoms with Gasteiger partial charge in [-0.25, -0.2) is 9.78 Å². The van der Waals surface area contributed by atoms with E-state index in [2.05, 4.69) is 25.9 Å². The standard InChI is InChI=1S/C15H17N5O3/c1-8-2-3-9-11(6-8)18-12(17-9)7-16-13(21)5-4-10-14(22)20-15(23)19-10/h2-3,6,10H,4-5,7H2,1H3,(H,16,21)(H,17,18)(H2,19,20,22,23)/t10-/m1/s1. The molecular formula is C15H17N5O3. The first-order valence-electron chi connectivity index (χ1n) is 7.34. The Kier molecular flexibility index (Phi) is 3.96. The molecule has 8 nitrogen and oxygen atoms in total. The minimum atomic E-state index is -0.637. The Hall–Kier alpha value is -2.90. The fourth-order valence-corrected chi connectivity index (χ4v) is 2.47. The number of hydrogen-bond acceptors (Lipinski definition) is 4. The number of benzene rings is 1. The van der Waals surface area contributed by atoms with E-state index in [1.165, 1.54) is 0 Å². The second-order valence-electron chi connectivity index (χ2n) is 5.53. The number of aromatic amines is 1. The van der Waals surface area contributed by atoms with Gasteiger partial charge in [0, 0.05) is 6.42 Å². The van der Waals surface area contributed by atoms with Gasteiger partial charge in [-0.1, -0.05) is 6.07 Å². The van der Waals surface area contributed by atoms with Crippen LogP contribution < -0.4 is 16.0 Å². The largest absolute Gasteiger partial charge is 0.349 e. The summed E-state index contributed by atoms with van der Waals surface area (Å²) in [6.45, 7) is 2.29. The van der Waals surface area contributed by atoms with Crippen molar-refractivity contribution in [3.05, 3.63) is 29.6 Å². The van der Waals surface area contributed by atoms with Gasteiger partial charge in [-0.2, -0.15) is 0 Å². The van der Waals surface area contributed by atoms with Crippen molar-refractivity contribution in [1.82, 2.24) is 25.9 Å². The van der Waals surface area contributed by atoms with Crippen LogP contribution in [0.2, 0.25) is 0 Å². The molecule has 23 heavy (non-hydrogen) atoms. The summed E-state index contributed by atoms with van der Waals surface area (Å²) in [7, 11) is 0. The molecule has 4 amide bonds. The first-order valence-corrected chi connectivity index (χ1v) is 7.34. The van der Waals surface area contributed by atoms with E-state index in [-0.39, 0.29) is 25.3 Å². The van der Waals surface area contributed by atoms with Crippen molar-refractivity contribution >= 4 is 28.9 Å². The molecule has 0 bridgehead atoms. The predicted molar refractivity (Wildman–Crippen MR) is 82.4 cm³/mol. The average Bonchev–Trinajstić information content (AvgIpc) is 3.04. The number of rotatable bonds is 5. The number of hydrogen-bond donors (Lipinski definition) is 4. The maximum Gasteiger partial charge on any atom is 0.322 e. The average molecular weight is 315 g/mol. The first kappa shape index (κ1) is 15.0.